The number of amides is 1. The molecule has 3 heterocycles. The zero-order valence-electron chi connectivity index (χ0n) is 15.7. The molecule has 0 radical (unpaired) electrons. The van der Waals surface area contributed by atoms with Gasteiger partial charge in [-0.2, -0.15) is 5.10 Å². The van der Waals surface area contributed by atoms with Crippen LogP contribution in [0.2, 0.25) is 0 Å². The van der Waals surface area contributed by atoms with Gasteiger partial charge in [-0.3, -0.25) is 4.79 Å². The first-order chi connectivity index (χ1) is 13.1. The number of benzene rings is 1. The van der Waals surface area contributed by atoms with E-state index in [1.165, 1.54) is 21.8 Å². The van der Waals surface area contributed by atoms with Crippen LogP contribution in [0.1, 0.15) is 35.0 Å². The summed E-state index contributed by atoms with van der Waals surface area (Å²) in [4.78, 5) is 15.5. The largest absolute Gasteiger partial charge is 0.320 e. The molecule has 0 spiro atoms. The van der Waals surface area contributed by atoms with E-state index in [9.17, 15) is 4.79 Å². The SMILES string of the molecule is Cc1ccc(-n2nc(C)cc2NC(=O)C[NH+]2CCC[C@@H]2c2cccs2)cc1. The predicted octanol–water partition coefficient (Wildman–Crippen LogP) is 2.91. The van der Waals surface area contributed by atoms with Crippen LogP contribution in [0, 0.1) is 13.8 Å². The molecular formula is C21H25N4OS+. The molecule has 1 fully saturated rings. The lowest BCUT2D eigenvalue weighted by Gasteiger charge is -2.20. The lowest BCUT2D eigenvalue weighted by Crippen LogP contribution is -3.11. The van der Waals surface area contributed by atoms with Crippen LogP contribution in [0.25, 0.3) is 5.69 Å². The van der Waals surface area contributed by atoms with Crippen molar-refractivity contribution in [1.82, 2.24) is 9.78 Å². The van der Waals surface area contributed by atoms with Crippen LogP contribution in [0.15, 0.2) is 47.8 Å². The molecule has 0 saturated carbocycles. The van der Waals surface area contributed by atoms with Crippen molar-refractivity contribution < 1.29 is 9.69 Å². The number of anilines is 1. The zero-order chi connectivity index (χ0) is 18.8. The molecule has 1 amide bonds. The van der Waals surface area contributed by atoms with Crippen molar-refractivity contribution >= 4 is 23.1 Å². The van der Waals surface area contributed by atoms with Gasteiger partial charge in [0.05, 0.1) is 22.8 Å². The van der Waals surface area contributed by atoms with Gasteiger partial charge in [0.1, 0.15) is 11.9 Å². The quantitative estimate of drug-likeness (QED) is 0.714. The molecule has 1 saturated heterocycles. The number of carbonyl (C=O) groups is 1. The average Bonchev–Trinajstić information content (AvgIpc) is 3.37. The number of hydrogen-bond donors (Lipinski definition) is 2. The van der Waals surface area contributed by atoms with E-state index in [0.29, 0.717) is 12.6 Å². The molecule has 0 bridgehead atoms. The second-order valence-electron chi connectivity index (χ2n) is 7.26. The summed E-state index contributed by atoms with van der Waals surface area (Å²) in [5, 5.41) is 9.75. The van der Waals surface area contributed by atoms with Crippen LogP contribution >= 0.6 is 11.3 Å². The second kappa shape index (κ2) is 7.66. The van der Waals surface area contributed by atoms with Gasteiger partial charge >= 0.3 is 0 Å². The highest BCUT2D eigenvalue weighted by Crippen LogP contribution is 2.23. The van der Waals surface area contributed by atoms with Crippen LogP contribution in [-0.4, -0.2) is 28.8 Å². The third-order valence-electron chi connectivity index (χ3n) is 5.14. The normalized spacial score (nSPS) is 19.3. The Labute approximate surface area is 163 Å². The number of nitrogens with zero attached hydrogens (tertiary/aromatic N) is 2. The number of rotatable bonds is 5. The lowest BCUT2D eigenvalue weighted by atomic mass is 10.2. The number of quaternary nitrogens is 1. The van der Waals surface area contributed by atoms with Crippen molar-refractivity contribution in [1.29, 1.82) is 0 Å². The fourth-order valence-electron chi connectivity index (χ4n) is 3.82. The van der Waals surface area contributed by atoms with E-state index in [1.807, 2.05) is 29.8 Å². The van der Waals surface area contributed by atoms with Gasteiger partial charge in [0, 0.05) is 18.9 Å². The third kappa shape index (κ3) is 3.96. The second-order valence-corrected chi connectivity index (χ2v) is 8.24. The molecule has 6 heteroatoms. The predicted molar refractivity (Wildman–Crippen MR) is 109 cm³/mol. The number of nitrogens with one attached hydrogen (secondary N) is 2. The lowest BCUT2D eigenvalue weighted by molar-refractivity contribution is -0.910. The third-order valence-corrected chi connectivity index (χ3v) is 6.12. The van der Waals surface area contributed by atoms with Gasteiger partial charge in [-0.15, -0.1) is 11.3 Å². The molecule has 2 atom stereocenters. The fourth-order valence-corrected chi connectivity index (χ4v) is 4.74. The molecule has 140 valence electrons. The smallest absolute Gasteiger partial charge is 0.280 e. The Kier molecular flexibility index (Phi) is 5.09. The van der Waals surface area contributed by atoms with Gasteiger partial charge in [0.15, 0.2) is 6.54 Å². The number of aromatic nitrogens is 2. The van der Waals surface area contributed by atoms with Crippen molar-refractivity contribution in [3.63, 3.8) is 0 Å². The van der Waals surface area contributed by atoms with Gasteiger partial charge < -0.3 is 10.2 Å². The van der Waals surface area contributed by atoms with E-state index >= 15 is 0 Å². The van der Waals surface area contributed by atoms with Crippen molar-refractivity contribution in [2.24, 2.45) is 0 Å². The monoisotopic (exact) mass is 381 g/mol. The first-order valence-corrected chi connectivity index (χ1v) is 10.3. The average molecular weight is 382 g/mol. The highest BCUT2D eigenvalue weighted by Gasteiger charge is 2.32. The Hall–Kier alpha value is -2.44. The van der Waals surface area contributed by atoms with E-state index < -0.39 is 0 Å². The first kappa shape index (κ1) is 17.9. The Balaban J connectivity index is 1.48. The van der Waals surface area contributed by atoms with Crippen LogP contribution in [-0.2, 0) is 4.79 Å². The molecule has 0 aliphatic carbocycles. The maximum Gasteiger partial charge on any atom is 0.280 e. The van der Waals surface area contributed by atoms with Gasteiger partial charge in [-0.25, -0.2) is 4.68 Å². The minimum absolute atomic E-state index is 0.0433. The van der Waals surface area contributed by atoms with Gasteiger partial charge in [0.25, 0.3) is 5.91 Å². The Morgan fingerprint density at radius 2 is 2.11 bits per heavy atom. The van der Waals surface area contributed by atoms with E-state index in [1.54, 1.807) is 11.3 Å². The summed E-state index contributed by atoms with van der Waals surface area (Å²) in [5.74, 6) is 0.773. The molecule has 27 heavy (non-hydrogen) atoms. The summed E-state index contributed by atoms with van der Waals surface area (Å²) in [6.07, 6.45) is 2.33. The molecule has 5 nitrogen and oxygen atoms in total. The molecule has 4 rings (SSSR count). The summed E-state index contributed by atoms with van der Waals surface area (Å²) in [6, 6.07) is 14.8. The molecule has 1 unspecified atom stereocenters. The topological polar surface area (TPSA) is 51.4 Å². The Morgan fingerprint density at radius 3 is 2.85 bits per heavy atom. The van der Waals surface area contributed by atoms with Gasteiger partial charge in [-0.1, -0.05) is 23.8 Å². The molecule has 1 aliphatic heterocycles. The number of likely N-dealkylation sites (tertiary alicyclic amines) is 1. The van der Waals surface area contributed by atoms with Crippen molar-refractivity contribution in [3.8, 4) is 5.69 Å². The van der Waals surface area contributed by atoms with Crippen LogP contribution in [0.5, 0.6) is 0 Å². The summed E-state index contributed by atoms with van der Waals surface area (Å²) in [5.41, 5.74) is 3.04. The van der Waals surface area contributed by atoms with Crippen LogP contribution < -0.4 is 10.2 Å². The van der Waals surface area contributed by atoms with Crippen LogP contribution in [0.3, 0.4) is 0 Å². The Bertz CT molecular complexity index is 914. The van der Waals surface area contributed by atoms with Crippen molar-refractivity contribution in [3.05, 3.63) is 64.0 Å². The van der Waals surface area contributed by atoms with Crippen LogP contribution in [0.4, 0.5) is 5.82 Å². The molecule has 1 aromatic carbocycles. The molecule has 2 N–H and O–H groups in total. The number of aryl methyl sites for hydroxylation is 2. The van der Waals surface area contributed by atoms with Gasteiger partial charge in [0.2, 0.25) is 0 Å². The van der Waals surface area contributed by atoms with Crippen molar-refractivity contribution in [2.45, 2.75) is 32.7 Å². The standard InChI is InChI=1S/C21H24N4OS/c1-15-7-9-17(10-8-15)25-20(13-16(2)23-25)22-21(26)14-24-11-3-5-18(24)19-6-4-12-27-19/h4,6-10,12-13,18H,3,5,11,14H2,1-2H3,(H,22,26)/p+1/t18-/m1/s1. The number of hydrogen-bond acceptors (Lipinski definition) is 3. The highest BCUT2D eigenvalue weighted by molar-refractivity contribution is 7.10. The summed E-state index contributed by atoms with van der Waals surface area (Å²) in [7, 11) is 0. The molecular weight excluding hydrogens is 356 g/mol. The summed E-state index contributed by atoms with van der Waals surface area (Å²) < 4.78 is 1.81. The Morgan fingerprint density at radius 1 is 1.30 bits per heavy atom. The molecule has 3 aromatic rings. The number of thiophene rings is 1. The van der Waals surface area contributed by atoms with Gasteiger partial charge in [-0.05, 0) is 37.4 Å². The van der Waals surface area contributed by atoms with Crippen molar-refractivity contribution in [2.75, 3.05) is 18.4 Å². The summed E-state index contributed by atoms with van der Waals surface area (Å²) in [6.45, 7) is 5.54. The van der Waals surface area contributed by atoms with E-state index in [-0.39, 0.29) is 5.91 Å². The summed E-state index contributed by atoms with van der Waals surface area (Å²) >= 11 is 1.79. The van der Waals surface area contributed by atoms with E-state index in [2.05, 4.69) is 47.0 Å². The minimum Gasteiger partial charge on any atom is -0.320 e. The van der Waals surface area contributed by atoms with E-state index in [0.717, 1.165) is 30.2 Å². The highest BCUT2D eigenvalue weighted by atomic mass is 32.1. The first-order valence-electron chi connectivity index (χ1n) is 9.42. The van der Waals surface area contributed by atoms with E-state index in [4.69, 9.17) is 0 Å². The molecule has 2 aromatic heterocycles. The maximum absolute atomic E-state index is 12.8. The minimum atomic E-state index is 0.0433. The fraction of sp³-hybridized carbons (Fsp3) is 0.333. The maximum atomic E-state index is 12.8. The molecule has 1 aliphatic rings. The zero-order valence-corrected chi connectivity index (χ0v) is 16.6. The number of carbonyl (C=O) groups excluding carboxylic acids is 1.